The van der Waals surface area contributed by atoms with Gasteiger partial charge in [0.25, 0.3) is 5.56 Å². The molecule has 0 unspecified atom stereocenters. The molecule has 1 aromatic carbocycles. The van der Waals surface area contributed by atoms with E-state index in [1.807, 2.05) is 36.4 Å². The van der Waals surface area contributed by atoms with E-state index in [1.54, 1.807) is 26.6 Å². The van der Waals surface area contributed by atoms with Crippen molar-refractivity contribution in [1.29, 1.82) is 0 Å². The Kier molecular flexibility index (Phi) is 4.43. The van der Waals surface area contributed by atoms with Gasteiger partial charge in [-0.3, -0.25) is 14.9 Å². The van der Waals surface area contributed by atoms with Crippen LogP contribution in [0.2, 0.25) is 0 Å². The summed E-state index contributed by atoms with van der Waals surface area (Å²) in [7, 11) is 3.24. The molecule has 0 fully saturated rings. The van der Waals surface area contributed by atoms with Gasteiger partial charge in [0.2, 0.25) is 0 Å². The molecule has 0 saturated carbocycles. The number of pyridine rings is 1. The molecule has 0 saturated heterocycles. The molecule has 0 spiro atoms. The highest BCUT2D eigenvalue weighted by Gasteiger charge is 2.17. The Balaban J connectivity index is 1.98. The largest absolute Gasteiger partial charge is 0.497 e. The summed E-state index contributed by atoms with van der Waals surface area (Å²) in [5.74, 6) is 0.757. The maximum Gasteiger partial charge on any atom is 0.273 e. The molecule has 3 heterocycles. The number of benzene rings is 1. The lowest BCUT2D eigenvalue weighted by atomic mass is 10.1. The molecule has 7 nitrogen and oxygen atoms in total. The quantitative estimate of drug-likeness (QED) is 0.590. The van der Waals surface area contributed by atoms with Crippen molar-refractivity contribution < 1.29 is 9.47 Å². The van der Waals surface area contributed by atoms with E-state index >= 15 is 0 Å². The van der Waals surface area contributed by atoms with Gasteiger partial charge in [0.15, 0.2) is 5.65 Å². The number of methoxy groups -OCH3 is 2. The maximum atomic E-state index is 12.7. The Hall–Kier alpha value is -3.45. The van der Waals surface area contributed by atoms with Crippen molar-refractivity contribution in [3.05, 3.63) is 70.9 Å². The Morgan fingerprint density at radius 1 is 1.11 bits per heavy atom. The Labute approximate surface area is 155 Å². The summed E-state index contributed by atoms with van der Waals surface area (Å²) < 4.78 is 12.0. The van der Waals surface area contributed by atoms with Crippen molar-refractivity contribution in [2.75, 3.05) is 14.2 Å². The summed E-state index contributed by atoms with van der Waals surface area (Å²) in [6, 6.07) is 12.8. The predicted octanol–water partition coefficient (Wildman–Crippen LogP) is 2.91. The van der Waals surface area contributed by atoms with Crippen molar-refractivity contribution in [2.45, 2.75) is 6.61 Å². The minimum absolute atomic E-state index is 0.198. The van der Waals surface area contributed by atoms with Gasteiger partial charge in [-0.25, -0.2) is 9.50 Å². The highest BCUT2D eigenvalue weighted by molar-refractivity contribution is 5.81. The van der Waals surface area contributed by atoms with E-state index in [4.69, 9.17) is 14.5 Å². The van der Waals surface area contributed by atoms with Gasteiger partial charge in [-0.15, -0.1) is 0 Å². The number of fused-ring (bicyclic) bond motifs is 1. The summed E-state index contributed by atoms with van der Waals surface area (Å²) in [5, 5.41) is 3.11. The third-order valence-electron chi connectivity index (χ3n) is 4.32. The van der Waals surface area contributed by atoms with Crippen LogP contribution in [-0.2, 0) is 11.3 Å². The van der Waals surface area contributed by atoms with Gasteiger partial charge in [0.1, 0.15) is 5.75 Å². The van der Waals surface area contributed by atoms with E-state index in [2.05, 4.69) is 10.1 Å². The van der Waals surface area contributed by atoms with Crippen molar-refractivity contribution in [3.8, 4) is 28.1 Å². The molecule has 1 N–H and O–H groups in total. The van der Waals surface area contributed by atoms with E-state index in [0.717, 1.165) is 28.1 Å². The lowest BCUT2D eigenvalue weighted by Crippen LogP contribution is -2.14. The zero-order chi connectivity index (χ0) is 18.8. The fourth-order valence-electron chi connectivity index (χ4n) is 3.06. The average Bonchev–Trinajstić information content (AvgIpc) is 3.08. The first-order valence-electron chi connectivity index (χ1n) is 8.39. The van der Waals surface area contributed by atoms with Crippen LogP contribution in [0, 0.1) is 0 Å². The SMILES string of the molecule is COCc1[nH]n2c(=O)cc(-c3cccnc3)nc2c1-c1ccc(OC)cc1. The fraction of sp³-hybridized carbons (Fsp3) is 0.150. The Morgan fingerprint density at radius 2 is 1.93 bits per heavy atom. The molecular formula is C20H18N4O3. The lowest BCUT2D eigenvalue weighted by Gasteiger charge is -2.06. The summed E-state index contributed by atoms with van der Waals surface area (Å²) in [6.45, 7) is 0.326. The molecule has 7 heteroatoms. The van der Waals surface area contributed by atoms with Crippen molar-refractivity contribution in [2.24, 2.45) is 0 Å². The number of hydrogen-bond acceptors (Lipinski definition) is 5. The summed E-state index contributed by atoms with van der Waals surface area (Å²) in [4.78, 5) is 21.5. The molecule has 0 amide bonds. The van der Waals surface area contributed by atoms with Crippen LogP contribution in [0.4, 0.5) is 0 Å². The zero-order valence-corrected chi connectivity index (χ0v) is 15.0. The Morgan fingerprint density at radius 3 is 2.59 bits per heavy atom. The van der Waals surface area contributed by atoms with E-state index in [0.29, 0.717) is 17.9 Å². The van der Waals surface area contributed by atoms with Gasteiger partial charge in [0.05, 0.1) is 25.1 Å². The van der Waals surface area contributed by atoms with E-state index in [1.165, 1.54) is 10.6 Å². The van der Waals surface area contributed by atoms with Crippen LogP contribution in [0.5, 0.6) is 5.75 Å². The minimum Gasteiger partial charge on any atom is -0.497 e. The van der Waals surface area contributed by atoms with Gasteiger partial charge in [0, 0.05) is 36.7 Å². The number of nitrogens with one attached hydrogen (secondary N) is 1. The van der Waals surface area contributed by atoms with Crippen LogP contribution in [0.3, 0.4) is 0 Å². The molecule has 27 heavy (non-hydrogen) atoms. The first-order valence-corrected chi connectivity index (χ1v) is 8.39. The average molecular weight is 362 g/mol. The predicted molar refractivity (Wildman–Crippen MR) is 102 cm³/mol. The number of rotatable bonds is 5. The first kappa shape index (κ1) is 17.0. The van der Waals surface area contributed by atoms with Gasteiger partial charge >= 0.3 is 0 Å². The smallest absolute Gasteiger partial charge is 0.273 e. The normalized spacial score (nSPS) is 11.0. The second-order valence-corrected chi connectivity index (χ2v) is 6.01. The first-order chi connectivity index (χ1) is 13.2. The van der Waals surface area contributed by atoms with Crippen LogP contribution >= 0.6 is 0 Å². The third-order valence-corrected chi connectivity index (χ3v) is 4.32. The molecule has 0 bridgehead atoms. The van der Waals surface area contributed by atoms with Crippen LogP contribution in [0.15, 0.2) is 59.7 Å². The maximum absolute atomic E-state index is 12.7. The second kappa shape index (κ2) is 7.05. The van der Waals surface area contributed by atoms with E-state index in [-0.39, 0.29) is 5.56 Å². The van der Waals surface area contributed by atoms with Crippen molar-refractivity contribution in [1.82, 2.24) is 19.6 Å². The molecule has 3 aromatic heterocycles. The van der Waals surface area contributed by atoms with Crippen molar-refractivity contribution >= 4 is 5.65 Å². The minimum atomic E-state index is -0.198. The van der Waals surface area contributed by atoms with Gasteiger partial charge < -0.3 is 9.47 Å². The summed E-state index contributed by atoms with van der Waals surface area (Å²) >= 11 is 0. The van der Waals surface area contributed by atoms with E-state index < -0.39 is 0 Å². The highest BCUT2D eigenvalue weighted by atomic mass is 16.5. The molecule has 4 aromatic rings. The molecule has 136 valence electrons. The van der Waals surface area contributed by atoms with Crippen molar-refractivity contribution in [3.63, 3.8) is 0 Å². The number of nitrogens with zero attached hydrogens (tertiary/aromatic N) is 3. The molecule has 4 rings (SSSR count). The standard InChI is InChI=1S/C20H18N4O3/c1-26-12-17-19(13-5-7-15(27-2)8-6-13)20-22-16(10-18(25)24(20)23-17)14-4-3-9-21-11-14/h3-11,23H,12H2,1-2H3. The monoisotopic (exact) mass is 362 g/mol. The van der Waals surface area contributed by atoms with Crippen LogP contribution in [-0.4, -0.2) is 33.8 Å². The lowest BCUT2D eigenvalue weighted by molar-refractivity contribution is 0.181. The van der Waals surface area contributed by atoms with Gasteiger partial charge in [-0.1, -0.05) is 12.1 Å². The number of ether oxygens (including phenoxy) is 2. The molecule has 0 aliphatic heterocycles. The van der Waals surface area contributed by atoms with Gasteiger partial charge in [-0.2, -0.15) is 0 Å². The van der Waals surface area contributed by atoms with Crippen LogP contribution in [0.25, 0.3) is 28.0 Å². The molecule has 0 aliphatic rings. The zero-order valence-electron chi connectivity index (χ0n) is 15.0. The summed E-state index contributed by atoms with van der Waals surface area (Å²) in [6.07, 6.45) is 3.37. The van der Waals surface area contributed by atoms with E-state index in [9.17, 15) is 4.79 Å². The topological polar surface area (TPSA) is 81.5 Å². The molecule has 0 radical (unpaired) electrons. The summed E-state index contributed by atoms with van der Waals surface area (Å²) in [5.41, 5.74) is 4.21. The fourth-order valence-corrected chi connectivity index (χ4v) is 3.06. The highest BCUT2D eigenvalue weighted by Crippen LogP contribution is 2.30. The number of aromatic nitrogens is 4. The number of hydrogen-bond donors (Lipinski definition) is 1. The number of H-pyrrole nitrogens is 1. The third kappa shape index (κ3) is 3.09. The second-order valence-electron chi connectivity index (χ2n) is 6.01. The molecule has 0 atom stereocenters. The molecular weight excluding hydrogens is 344 g/mol. The van der Waals surface area contributed by atoms with Crippen LogP contribution < -0.4 is 10.3 Å². The van der Waals surface area contributed by atoms with Crippen LogP contribution in [0.1, 0.15) is 5.69 Å². The number of aromatic amines is 1. The Bertz CT molecular complexity index is 1130. The van der Waals surface area contributed by atoms with Gasteiger partial charge in [-0.05, 0) is 29.8 Å². The molecule has 0 aliphatic carbocycles.